The first-order chi connectivity index (χ1) is 15.1. The minimum absolute atomic E-state index is 0.0959. The number of fused-ring (bicyclic) bond motifs is 1. The van der Waals surface area contributed by atoms with Crippen LogP contribution in [0.2, 0.25) is 0 Å². The van der Waals surface area contributed by atoms with Gasteiger partial charge in [0.2, 0.25) is 0 Å². The Morgan fingerprint density at radius 2 is 1.77 bits per heavy atom. The van der Waals surface area contributed by atoms with Gasteiger partial charge in [-0.05, 0) is 90.2 Å². The predicted octanol–water partition coefficient (Wildman–Crippen LogP) is 5.99. The third kappa shape index (κ3) is 3.86. The smallest absolute Gasteiger partial charge is 0.253 e. The molecule has 0 aliphatic carbocycles. The van der Waals surface area contributed by atoms with E-state index in [9.17, 15) is 4.79 Å². The van der Waals surface area contributed by atoms with Crippen molar-refractivity contribution in [3.8, 4) is 11.1 Å². The SMILES string of the molecule is Cc1cccc(-c2ccc(C3CCN(C(=O)c4ccc5snnc5c4)CC3)cc2)c1C. The van der Waals surface area contributed by atoms with Crippen molar-refractivity contribution in [2.75, 3.05) is 13.1 Å². The van der Waals surface area contributed by atoms with E-state index in [1.165, 1.54) is 39.3 Å². The Balaban J connectivity index is 1.26. The van der Waals surface area contributed by atoms with E-state index >= 15 is 0 Å². The van der Waals surface area contributed by atoms with Gasteiger partial charge in [-0.15, -0.1) is 5.10 Å². The molecular formula is C26H25N3OS. The molecule has 1 amide bonds. The molecule has 156 valence electrons. The summed E-state index contributed by atoms with van der Waals surface area (Å²) in [6.45, 7) is 5.92. The average molecular weight is 428 g/mol. The summed E-state index contributed by atoms with van der Waals surface area (Å²) in [6.07, 6.45) is 1.99. The molecule has 0 unspecified atom stereocenters. The number of hydrogen-bond acceptors (Lipinski definition) is 4. The average Bonchev–Trinajstić information content (AvgIpc) is 3.29. The Hall–Kier alpha value is -3.05. The number of aromatic nitrogens is 2. The zero-order valence-corrected chi connectivity index (χ0v) is 18.7. The molecule has 1 saturated heterocycles. The molecule has 1 aliphatic heterocycles. The molecule has 31 heavy (non-hydrogen) atoms. The first-order valence-corrected chi connectivity index (χ1v) is 11.6. The van der Waals surface area contributed by atoms with Gasteiger partial charge in [-0.1, -0.05) is 47.0 Å². The second-order valence-corrected chi connectivity index (χ2v) is 9.18. The minimum Gasteiger partial charge on any atom is -0.339 e. The maximum absolute atomic E-state index is 13.0. The number of piperidine rings is 1. The zero-order valence-electron chi connectivity index (χ0n) is 17.8. The molecule has 0 spiro atoms. The predicted molar refractivity (Wildman–Crippen MR) is 127 cm³/mol. The lowest BCUT2D eigenvalue weighted by Gasteiger charge is -2.32. The van der Waals surface area contributed by atoms with Gasteiger partial charge in [0.1, 0.15) is 5.52 Å². The lowest BCUT2D eigenvalue weighted by atomic mass is 9.87. The lowest BCUT2D eigenvalue weighted by molar-refractivity contribution is 0.0713. The molecule has 2 heterocycles. The van der Waals surface area contributed by atoms with Crippen LogP contribution < -0.4 is 0 Å². The summed E-state index contributed by atoms with van der Waals surface area (Å²) in [5.74, 6) is 0.598. The van der Waals surface area contributed by atoms with Crippen molar-refractivity contribution in [3.63, 3.8) is 0 Å². The van der Waals surface area contributed by atoms with Crippen molar-refractivity contribution in [1.82, 2.24) is 14.5 Å². The molecule has 0 bridgehead atoms. The van der Waals surface area contributed by atoms with E-state index in [0.717, 1.165) is 36.1 Å². The molecule has 3 aromatic carbocycles. The quantitative estimate of drug-likeness (QED) is 0.403. The van der Waals surface area contributed by atoms with Gasteiger partial charge in [-0.2, -0.15) is 0 Å². The summed E-state index contributed by atoms with van der Waals surface area (Å²) in [5.41, 5.74) is 8.11. The van der Waals surface area contributed by atoms with Gasteiger partial charge in [0.15, 0.2) is 0 Å². The Bertz CT molecular complexity index is 1240. The van der Waals surface area contributed by atoms with Gasteiger partial charge in [0.25, 0.3) is 5.91 Å². The summed E-state index contributed by atoms with van der Waals surface area (Å²) in [6, 6.07) is 21.2. The number of carbonyl (C=O) groups is 1. The molecule has 0 atom stereocenters. The second kappa shape index (κ2) is 8.23. The fraction of sp³-hybridized carbons (Fsp3) is 0.269. The van der Waals surface area contributed by atoms with Crippen LogP contribution >= 0.6 is 11.5 Å². The standard InChI is InChI=1S/C26H25N3OS/c1-17-4-3-5-23(18(17)2)21-8-6-19(7-9-21)20-12-14-29(15-13-20)26(30)22-10-11-25-24(16-22)27-28-31-25/h3-11,16,20H,12-15H2,1-2H3. The fourth-order valence-electron chi connectivity index (χ4n) is 4.51. The third-order valence-corrected chi connectivity index (χ3v) is 7.28. The number of rotatable bonds is 3. The summed E-state index contributed by atoms with van der Waals surface area (Å²) in [7, 11) is 0. The number of nitrogens with zero attached hydrogens (tertiary/aromatic N) is 3. The molecular weight excluding hydrogens is 402 g/mol. The Morgan fingerprint density at radius 1 is 1.00 bits per heavy atom. The van der Waals surface area contributed by atoms with Crippen LogP contribution in [0.25, 0.3) is 21.3 Å². The number of aryl methyl sites for hydroxylation is 1. The highest BCUT2D eigenvalue weighted by Crippen LogP contribution is 2.32. The van der Waals surface area contributed by atoms with Crippen LogP contribution in [0.1, 0.15) is 45.8 Å². The summed E-state index contributed by atoms with van der Waals surface area (Å²) >= 11 is 1.36. The molecule has 0 N–H and O–H groups in total. The largest absolute Gasteiger partial charge is 0.339 e. The van der Waals surface area contributed by atoms with E-state index in [4.69, 9.17) is 0 Å². The molecule has 1 aromatic heterocycles. The first kappa shape index (κ1) is 19.9. The molecule has 0 saturated carbocycles. The van der Waals surface area contributed by atoms with E-state index in [-0.39, 0.29) is 5.91 Å². The van der Waals surface area contributed by atoms with Gasteiger partial charge in [-0.25, -0.2) is 0 Å². The molecule has 4 nitrogen and oxygen atoms in total. The van der Waals surface area contributed by atoms with Gasteiger partial charge in [0.05, 0.1) is 4.70 Å². The van der Waals surface area contributed by atoms with E-state index in [1.54, 1.807) is 0 Å². The Morgan fingerprint density at radius 3 is 2.55 bits per heavy atom. The van der Waals surface area contributed by atoms with E-state index < -0.39 is 0 Å². The van der Waals surface area contributed by atoms with Gasteiger partial charge >= 0.3 is 0 Å². The zero-order chi connectivity index (χ0) is 21.4. The van der Waals surface area contributed by atoms with Crippen LogP contribution in [-0.2, 0) is 0 Å². The number of carbonyl (C=O) groups excluding carboxylic acids is 1. The van der Waals surface area contributed by atoms with Crippen LogP contribution in [0.4, 0.5) is 0 Å². The molecule has 5 heteroatoms. The van der Waals surface area contributed by atoms with Crippen molar-refractivity contribution in [2.45, 2.75) is 32.6 Å². The second-order valence-electron chi connectivity index (χ2n) is 8.39. The van der Waals surface area contributed by atoms with Crippen molar-refractivity contribution in [1.29, 1.82) is 0 Å². The van der Waals surface area contributed by atoms with Crippen molar-refractivity contribution in [2.24, 2.45) is 0 Å². The molecule has 5 rings (SSSR count). The normalized spacial score (nSPS) is 14.8. The van der Waals surface area contributed by atoms with Gasteiger partial charge in [-0.3, -0.25) is 4.79 Å². The Labute approximate surface area is 186 Å². The highest BCUT2D eigenvalue weighted by molar-refractivity contribution is 7.12. The topological polar surface area (TPSA) is 46.1 Å². The number of amides is 1. The van der Waals surface area contributed by atoms with E-state index in [0.29, 0.717) is 11.5 Å². The summed E-state index contributed by atoms with van der Waals surface area (Å²) in [5, 5.41) is 4.10. The number of likely N-dealkylation sites (tertiary alicyclic amines) is 1. The summed E-state index contributed by atoms with van der Waals surface area (Å²) < 4.78 is 4.97. The maximum Gasteiger partial charge on any atom is 0.253 e. The monoisotopic (exact) mass is 427 g/mol. The van der Waals surface area contributed by atoms with Crippen LogP contribution in [0.3, 0.4) is 0 Å². The van der Waals surface area contributed by atoms with Crippen molar-refractivity contribution < 1.29 is 4.79 Å². The third-order valence-electron chi connectivity index (χ3n) is 6.57. The molecule has 1 aliphatic rings. The summed E-state index contributed by atoms with van der Waals surface area (Å²) in [4.78, 5) is 14.9. The van der Waals surface area contributed by atoms with Crippen LogP contribution in [-0.4, -0.2) is 33.5 Å². The van der Waals surface area contributed by atoms with Crippen LogP contribution in [0.5, 0.6) is 0 Å². The highest BCUT2D eigenvalue weighted by atomic mass is 32.1. The maximum atomic E-state index is 13.0. The molecule has 0 radical (unpaired) electrons. The van der Waals surface area contributed by atoms with Gasteiger partial charge < -0.3 is 4.90 Å². The number of benzene rings is 3. The minimum atomic E-state index is 0.0959. The molecule has 4 aromatic rings. The van der Waals surface area contributed by atoms with Gasteiger partial charge in [0, 0.05) is 18.7 Å². The Kier molecular flexibility index (Phi) is 5.28. The fourth-order valence-corrected chi connectivity index (χ4v) is 5.05. The number of hydrogen-bond donors (Lipinski definition) is 0. The van der Waals surface area contributed by atoms with Crippen molar-refractivity contribution >= 4 is 27.7 Å². The first-order valence-electron chi connectivity index (χ1n) is 10.8. The van der Waals surface area contributed by atoms with E-state index in [1.807, 2.05) is 23.1 Å². The molecule has 1 fully saturated rings. The van der Waals surface area contributed by atoms with Crippen LogP contribution in [0.15, 0.2) is 60.7 Å². The highest BCUT2D eigenvalue weighted by Gasteiger charge is 2.25. The van der Waals surface area contributed by atoms with Crippen LogP contribution in [0, 0.1) is 13.8 Å². The lowest BCUT2D eigenvalue weighted by Crippen LogP contribution is -2.37. The van der Waals surface area contributed by atoms with Crippen molar-refractivity contribution in [3.05, 3.63) is 82.9 Å². The van der Waals surface area contributed by atoms with E-state index in [2.05, 4.69) is 65.9 Å².